The number of H-pyrrole nitrogens is 1. The number of aromatic amines is 1. The Morgan fingerprint density at radius 1 is 1.21 bits per heavy atom. The van der Waals surface area contributed by atoms with Crippen LogP contribution in [0.2, 0.25) is 0 Å². The highest BCUT2D eigenvalue weighted by Crippen LogP contribution is 2.31. The molecule has 1 aromatic heterocycles. The van der Waals surface area contributed by atoms with Gasteiger partial charge in [0, 0.05) is 26.3 Å². The van der Waals surface area contributed by atoms with Crippen LogP contribution < -0.4 is 5.73 Å². The van der Waals surface area contributed by atoms with Crippen molar-refractivity contribution < 1.29 is 9.59 Å². The summed E-state index contributed by atoms with van der Waals surface area (Å²) in [5.74, 6) is -0.492. The van der Waals surface area contributed by atoms with Crippen molar-refractivity contribution in [2.75, 3.05) is 0 Å². The van der Waals surface area contributed by atoms with E-state index in [2.05, 4.69) is 20.9 Å². The molecule has 1 amide bonds. The molecule has 0 spiro atoms. The number of carbonyl (C=O) groups excluding carboxylic acids is 2. The van der Waals surface area contributed by atoms with Crippen molar-refractivity contribution in [3.05, 3.63) is 45.9 Å². The Balaban J connectivity index is 2.50. The van der Waals surface area contributed by atoms with Gasteiger partial charge in [-0.15, -0.1) is 0 Å². The van der Waals surface area contributed by atoms with Crippen molar-refractivity contribution in [3.8, 4) is 0 Å². The van der Waals surface area contributed by atoms with Crippen LogP contribution >= 0.6 is 15.9 Å². The van der Waals surface area contributed by atoms with Crippen molar-refractivity contribution in [1.29, 1.82) is 0 Å². The third-order valence-corrected chi connectivity index (χ3v) is 3.56. The number of primary amides is 1. The van der Waals surface area contributed by atoms with E-state index in [4.69, 9.17) is 5.73 Å². The molecule has 0 bridgehead atoms. The Bertz CT molecular complexity index is 836. The van der Waals surface area contributed by atoms with Gasteiger partial charge in [0.2, 0.25) is 0 Å². The first-order valence-corrected chi connectivity index (χ1v) is 6.39. The molecule has 0 saturated carbocycles. The highest BCUT2D eigenvalue weighted by atomic mass is 79.9. The number of hydrogen-bond acceptors (Lipinski definition) is 2. The normalized spacial score (nSPS) is 11.0. The van der Waals surface area contributed by atoms with Crippen LogP contribution in [0.15, 0.2) is 34.8 Å². The summed E-state index contributed by atoms with van der Waals surface area (Å²) in [6, 6.07) is 8.91. The van der Waals surface area contributed by atoms with Crippen molar-refractivity contribution >= 4 is 49.9 Å². The minimum Gasteiger partial charge on any atom is -0.366 e. The fourth-order valence-electron chi connectivity index (χ4n) is 2.25. The number of aromatic nitrogens is 1. The molecule has 0 aliphatic heterocycles. The maximum Gasteiger partial charge on any atom is 0.250 e. The standard InChI is InChI=1S/C14H9BrN2O2/c15-8-4-10-9-3-7(6-18)1-2-12(9)17-13(10)11(5-8)14(16)19/h1-6,17H,(H2,16,19). The van der Waals surface area contributed by atoms with Gasteiger partial charge in [-0.2, -0.15) is 0 Å². The number of carbonyl (C=O) groups is 2. The molecule has 94 valence electrons. The van der Waals surface area contributed by atoms with Gasteiger partial charge in [-0.3, -0.25) is 9.59 Å². The predicted octanol–water partition coefficient (Wildman–Crippen LogP) is 3.00. The van der Waals surface area contributed by atoms with Gasteiger partial charge >= 0.3 is 0 Å². The zero-order chi connectivity index (χ0) is 13.6. The number of amides is 1. The van der Waals surface area contributed by atoms with Gasteiger partial charge in [-0.05, 0) is 30.3 Å². The third kappa shape index (κ3) is 1.82. The lowest BCUT2D eigenvalue weighted by Gasteiger charge is -2.00. The van der Waals surface area contributed by atoms with Crippen LogP contribution in [0.25, 0.3) is 21.8 Å². The lowest BCUT2D eigenvalue weighted by Crippen LogP contribution is -2.11. The second kappa shape index (κ2) is 4.20. The van der Waals surface area contributed by atoms with Gasteiger partial charge in [-0.25, -0.2) is 0 Å². The molecular weight excluding hydrogens is 308 g/mol. The highest BCUT2D eigenvalue weighted by molar-refractivity contribution is 9.10. The fourth-order valence-corrected chi connectivity index (χ4v) is 2.71. The summed E-state index contributed by atoms with van der Waals surface area (Å²) in [7, 11) is 0. The molecule has 0 unspecified atom stereocenters. The van der Waals surface area contributed by atoms with E-state index < -0.39 is 5.91 Å². The van der Waals surface area contributed by atoms with Gasteiger partial charge in [0.1, 0.15) is 6.29 Å². The summed E-state index contributed by atoms with van der Waals surface area (Å²) in [4.78, 5) is 25.5. The molecule has 0 aliphatic rings. The van der Waals surface area contributed by atoms with Crippen LogP contribution in [0.5, 0.6) is 0 Å². The fraction of sp³-hybridized carbons (Fsp3) is 0. The van der Waals surface area contributed by atoms with E-state index in [-0.39, 0.29) is 0 Å². The minimum absolute atomic E-state index is 0.424. The molecule has 2 aromatic carbocycles. The molecule has 1 heterocycles. The largest absolute Gasteiger partial charge is 0.366 e. The molecule has 0 fully saturated rings. The highest BCUT2D eigenvalue weighted by Gasteiger charge is 2.13. The molecule has 0 atom stereocenters. The van der Waals surface area contributed by atoms with E-state index in [1.54, 1.807) is 18.2 Å². The Labute approximate surface area is 116 Å². The van der Waals surface area contributed by atoms with Crippen LogP contribution in [0.4, 0.5) is 0 Å². The van der Waals surface area contributed by atoms with Gasteiger partial charge in [0.05, 0.1) is 11.1 Å². The molecule has 0 aliphatic carbocycles. The second-order valence-corrected chi connectivity index (χ2v) is 5.20. The average molecular weight is 317 g/mol. The molecule has 3 rings (SSSR count). The smallest absolute Gasteiger partial charge is 0.250 e. The molecule has 0 radical (unpaired) electrons. The number of benzene rings is 2. The van der Waals surface area contributed by atoms with Crippen LogP contribution in [-0.4, -0.2) is 17.2 Å². The molecule has 5 heteroatoms. The van der Waals surface area contributed by atoms with E-state index in [1.165, 1.54) is 0 Å². The van der Waals surface area contributed by atoms with Crippen molar-refractivity contribution in [2.45, 2.75) is 0 Å². The van der Waals surface area contributed by atoms with Crippen molar-refractivity contribution in [1.82, 2.24) is 4.98 Å². The number of halogens is 1. The first-order valence-electron chi connectivity index (χ1n) is 5.60. The zero-order valence-electron chi connectivity index (χ0n) is 9.74. The Morgan fingerprint density at radius 2 is 2.00 bits per heavy atom. The summed E-state index contributed by atoms with van der Waals surface area (Å²) in [6.45, 7) is 0. The number of aldehydes is 1. The van der Waals surface area contributed by atoms with E-state index >= 15 is 0 Å². The van der Waals surface area contributed by atoms with E-state index in [0.29, 0.717) is 16.6 Å². The number of rotatable bonds is 2. The van der Waals surface area contributed by atoms with Crippen LogP contribution in [0, 0.1) is 0 Å². The van der Waals surface area contributed by atoms with Crippen LogP contribution in [-0.2, 0) is 0 Å². The summed E-state index contributed by atoms with van der Waals surface area (Å²) >= 11 is 3.37. The summed E-state index contributed by atoms with van der Waals surface area (Å²) in [5.41, 5.74) is 7.96. The molecule has 19 heavy (non-hydrogen) atoms. The minimum atomic E-state index is -0.492. The van der Waals surface area contributed by atoms with Crippen molar-refractivity contribution in [2.24, 2.45) is 5.73 Å². The molecular formula is C14H9BrN2O2. The predicted molar refractivity (Wildman–Crippen MR) is 77.4 cm³/mol. The second-order valence-electron chi connectivity index (χ2n) is 4.29. The summed E-state index contributed by atoms with van der Waals surface area (Å²) in [6.07, 6.45) is 0.797. The molecule has 3 aromatic rings. The maximum absolute atomic E-state index is 11.5. The molecule has 4 nitrogen and oxygen atoms in total. The zero-order valence-corrected chi connectivity index (χ0v) is 11.3. The van der Waals surface area contributed by atoms with Crippen LogP contribution in [0.3, 0.4) is 0 Å². The molecule has 3 N–H and O–H groups in total. The van der Waals surface area contributed by atoms with Crippen LogP contribution in [0.1, 0.15) is 20.7 Å². The first kappa shape index (κ1) is 11.9. The van der Waals surface area contributed by atoms with Crippen molar-refractivity contribution in [3.63, 3.8) is 0 Å². The Hall–Kier alpha value is -2.14. The Morgan fingerprint density at radius 3 is 2.68 bits per heavy atom. The third-order valence-electron chi connectivity index (χ3n) is 3.10. The van der Waals surface area contributed by atoms with Gasteiger partial charge < -0.3 is 10.7 Å². The number of fused-ring (bicyclic) bond motifs is 3. The number of nitrogens with one attached hydrogen (secondary N) is 1. The average Bonchev–Trinajstić information content (AvgIpc) is 2.75. The first-order chi connectivity index (χ1) is 9.10. The number of hydrogen-bond donors (Lipinski definition) is 2. The Kier molecular flexibility index (Phi) is 2.64. The van der Waals surface area contributed by atoms with E-state index in [1.807, 2.05) is 12.1 Å². The topological polar surface area (TPSA) is 76.0 Å². The van der Waals surface area contributed by atoms with Gasteiger partial charge in [-0.1, -0.05) is 15.9 Å². The maximum atomic E-state index is 11.5. The quantitative estimate of drug-likeness (QED) is 0.713. The molecule has 0 saturated heterocycles. The summed E-state index contributed by atoms with van der Waals surface area (Å²) in [5, 5.41) is 1.75. The number of nitrogens with two attached hydrogens (primary N) is 1. The van der Waals surface area contributed by atoms with Gasteiger partial charge in [0.15, 0.2) is 0 Å². The lowest BCUT2D eigenvalue weighted by atomic mass is 10.1. The summed E-state index contributed by atoms with van der Waals surface area (Å²) < 4.78 is 0.770. The SMILES string of the molecule is NC(=O)c1cc(Br)cc2c1[nH]c1ccc(C=O)cc12. The van der Waals surface area contributed by atoms with E-state index in [0.717, 1.165) is 27.0 Å². The van der Waals surface area contributed by atoms with Gasteiger partial charge in [0.25, 0.3) is 5.91 Å². The lowest BCUT2D eigenvalue weighted by molar-refractivity contribution is 0.100. The van der Waals surface area contributed by atoms with E-state index in [9.17, 15) is 9.59 Å². The monoisotopic (exact) mass is 316 g/mol.